The Bertz CT molecular complexity index is 2640. The lowest BCUT2D eigenvalue weighted by atomic mass is 10.0. The van der Waals surface area contributed by atoms with E-state index in [0.29, 0.717) is 11.1 Å². The summed E-state index contributed by atoms with van der Waals surface area (Å²) < 4.78 is 19.9. The molecule has 7 rings (SSSR count). The fraction of sp³-hybridized carbons (Fsp3) is 0.105. The van der Waals surface area contributed by atoms with Gasteiger partial charge in [-0.1, -0.05) is 24.3 Å². The molecule has 20 nitrogen and oxygen atoms in total. The van der Waals surface area contributed by atoms with E-state index < -0.39 is 64.9 Å². The van der Waals surface area contributed by atoms with Crippen molar-refractivity contribution < 1.29 is 88.6 Å². The number of aromatic hydroxyl groups is 5. The number of carbonyl (C=O) groups is 4. The highest BCUT2D eigenvalue weighted by molar-refractivity contribution is 5.90. The molecule has 1 aliphatic heterocycles. The third-order valence-electron chi connectivity index (χ3n) is 8.05. The summed E-state index contributed by atoms with van der Waals surface area (Å²) in [5.74, 6) is -7.36. The summed E-state index contributed by atoms with van der Waals surface area (Å²) in [6, 6.07) is 16.1. The number of phenols is 5. The summed E-state index contributed by atoms with van der Waals surface area (Å²) in [4.78, 5) is 66.9. The smallest absolute Gasteiger partial charge is 0.348 e. The quantitative estimate of drug-likeness (QED) is 0.0939. The van der Waals surface area contributed by atoms with Crippen molar-refractivity contribution in [1.82, 2.24) is 0 Å². The van der Waals surface area contributed by atoms with Gasteiger partial charge in [-0.3, -0.25) is 9.59 Å². The Balaban J connectivity index is 0.000000189. The number of aliphatic carboxylic acids is 4. The number of hydrogen-bond acceptors (Lipinski definition) is 16. The Morgan fingerprint density at radius 1 is 0.569 bits per heavy atom. The largest absolute Gasteiger partial charge is 0.508 e. The standard InChI is InChI=1S/C19H14O10.C15H10O5.C4H4O5/c20-9-3-1-8(2-4-9)11-7-28-13-6-10(5-12(21)14(13)15(11)22)29-17(19(26)27)16(23)18(24)25;16-9-3-1-8(2-4-9)11-7-20-13-6-10(17)5-12(18)14(13)15(11)19;5-3(6)1-2(9-1)4(7)8/h1-7,16-17,20-21,23H,(H,24,25)(H,26,27);1-7,16-18H;1-2H,(H,5,6)(H,7,8). The van der Waals surface area contributed by atoms with Crippen LogP contribution in [0.2, 0.25) is 0 Å². The minimum absolute atomic E-state index is 0.0000906. The first-order valence-electron chi connectivity index (χ1n) is 16.1. The number of fused-ring (bicyclic) bond motifs is 2. The molecule has 4 aromatic carbocycles. The number of aliphatic hydroxyl groups excluding tert-OH is 1. The first-order valence-corrected chi connectivity index (χ1v) is 16.1. The van der Waals surface area contributed by atoms with Gasteiger partial charge < -0.3 is 69.4 Å². The van der Waals surface area contributed by atoms with Crippen molar-refractivity contribution in [3.63, 3.8) is 0 Å². The van der Waals surface area contributed by atoms with Gasteiger partial charge in [0.1, 0.15) is 69.0 Å². The minimum Gasteiger partial charge on any atom is -0.508 e. The average molecular weight is 805 g/mol. The lowest BCUT2D eigenvalue weighted by Gasteiger charge is -2.18. The van der Waals surface area contributed by atoms with Crippen molar-refractivity contribution in [2.75, 3.05) is 0 Å². The molecule has 0 spiro atoms. The maximum Gasteiger partial charge on any atom is 0.348 e. The predicted molar refractivity (Wildman–Crippen MR) is 194 cm³/mol. The van der Waals surface area contributed by atoms with Gasteiger partial charge >= 0.3 is 23.9 Å². The molecule has 6 aromatic rings. The van der Waals surface area contributed by atoms with E-state index in [1.807, 2.05) is 0 Å². The molecular weight excluding hydrogens is 776 g/mol. The molecule has 0 bridgehead atoms. The van der Waals surface area contributed by atoms with Gasteiger partial charge in [-0.2, -0.15) is 0 Å². The molecule has 4 atom stereocenters. The third kappa shape index (κ3) is 9.05. The highest BCUT2D eigenvalue weighted by atomic mass is 16.6. The van der Waals surface area contributed by atoms with Crippen LogP contribution in [0.5, 0.6) is 34.5 Å². The Morgan fingerprint density at radius 3 is 1.40 bits per heavy atom. The molecule has 4 unspecified atom stereocenters. The summed E-state index contributed by atoms with van der Waals surface area (Å²) in [5.41, 5.74) is 0.302. The Kier molecular flexibility index (Phi) is 11.8. The van der Waals surface area contributed by atoms with E-state index in [-0.39, 0.29) is 61.8 Å². The zero-order valence-electron chi connectivity index (χ0n) is 28.9. The normalized spacial score (nSPS) is 15.1. The molecule has 58 heavy (non-hydrogen) atoms. The first kappa shape index (κ1) is 41.1. The lowest BCUT2D eigenvalue weighted by molar-refractivity contribution is -0.163. The van der Waals surface area contributed by atoms with Gasteiger partial charge in [0.2, 0.25) is 17.0 Å². The van der Waals surface area contributed by atoms with Crippen LogP contribution in [0.25, 0.3) is 44.2 Å². The molecule has 1 fully saturated rings. The predicted octanol–water partition coefficient (Wildman–Crippen LogP) is 2.65. The van der Waals surface area contributed by atoms with Gasteiger partial charge in [0, 0.05) is 24.3 Å². The van der Waals surface area contributed by atoms with Crippen LogP contribution in [0.1, 0.15) is 0 Å². The third-order valence-corrected chi connectivity index (χ3v) is 8.05. The second kappa shape index (κ2) is 16.7. The first-order chi connectivity index (χ1) is 27.4. The van der Waals surface area contributed by atoms with Crippen molar-refractivity contribution in [2.24, 2.45) is 0 Å². The Labute approximate surface area is 321 Å². The molecule has 0 saturated carbocycles. The maximum absolute atomic E-state index is 12.7. The van der Waals surface area contributed by atoms with Gasteiger partial charge in [-0.05, 0) is 35.4 Å². The molecule has 300 valence electrons. The van der Waals surface area contributed by atoms with Gasteiger partial charge in [0.05, 0.1) is 11.1 Å². The van der Waals surface area contributed by atoms with Crippen LogP contribution >= 0.6 is 0 Å². The number of epoxide rings is 1. The average Bonchev–Trinajstić information content (AvgIpc) is 3.97. The van der Waals surface area contributed by atoms with Crippen LogP contribution in [-0.2, 0) is 23.9 Å². The SMILES string of the molecule is O=C(O)C(O)C(Oc1cc(O)c2c(=O)c(-c3ccc(O)cc3)coc2c1)C(=O)O.O=C(O)C1OC1C(=O)O.O=c1c(-c2ccc(O)cc2)coc2cc(O)cc(O)c12. The fourth-order valence-corrected chi connectivity index (χ4v) is 5.19. The number of phenolic OH excluding ortho intramolecular Hbond substituents is 5. The number of hydrogen-bond donors (Lipinski definition) is 10. The summed E-state index contributed by atoms with van der Waals surface area (Å²) in [5, 5.41) is 91.3. The molecule has 1 saturated heterocycles. The maximum atomic E-state index is 12.7. The van der Waals surface area contributed by atoms with Crippen LogP contribution in [-0.4, -0.2) is 99.4 Å². The zero-order valence-corrected chi connectivity index (χ0v) is 28.9. The summed E-state index contributed by atoms with van der Waals surface area (Å²) in [6.07, 6.45) is -4.40. The van der Waals surface area contributed by atoms with E-state index in [0.717, 1.165) is 24.5 Å². The van der Waals surface area contributed by atoms with E-state index >= 15 is 0 Å². The molecule has 10 N–H and O–H groups in total. The minimum atomic E-state index is -2.37. The zero-order chi connectivity index (χ0) is 42.6. The second-order valence-electron chi connectivity index (χ2n) is 12.0. The van der Waals surface area contributed by atoms with Crippen LogP contribution in [0.3, 0.4) is 0 Å². The van der Waals surface area contributed by atoms with Gasteiger partial charge in [0.15, 0.2) is 18.3 Å². The number of aliphatic hydroxyl groups is 1. The summed E-state index contributed by atoms with van der Waals surface area (Å²) in [6.45, 7) is 0. The van der Waals surface area contributed by atoms with Crippen molar-refractivity contribution in [2.45, 2.75) is 24.4 Å². The summed E-state index contributed by atoms with van der Waals surface area (Å²) in [7, 11) is 0. The Hall–Kier alpha value is -8.10. The second-order valence-corrected chi connectivity index (χ2v) is 12.0. The highest BCUT2D eigenvalue weighted by Gasteiger charge is 2.51. The lowest BCUT2D eigenvalue weighted by Crippen LogP contribution is -2.43. The molecule has 0 amide bonds. The van der Waals surface area contributed by atoms with E-state index in [4.69, 9.17) is 34.0 Å². The number of carboxylic acids is 4. The monoisotopic (exact) mass is 804 g/mol. The molecular formula is C38H28O20. The van der Waals surface area contributed by atoms with Crippen molar-refractivity contribution in [3.8, 4) is 56.8 Å². The highest BCUT2D eigenvalue weighted by Crippen LogP contribution is 2.32. The van der Waals surface area contributed by atoms with Crippen molar-refractivity contribution >= 4 is 45.8 Å². The van der Waals surface area contributed by atoms with Crippen LogP contribution in [0, 0.1) is 0 Å². The van der Waals surface area contributed by atoms with Crippen LogP contribution in [0.4, 0.5) is 0 Å². The van der Waals surface area contributed by atoms with Gasteiger partial charge in [-0.25, -0.2) is 19.2 Å². The van der Waals surface area contributed by atoms with Crippen molar-refractivity contribution in [3.05, 3.63) is 106 Å². The van der Waals surface area contributed by atoms with E-state index in [1.54, 1.807) is 12.1 Å². The van der Waals surface area contributed by atoms with Gasteiger partial charge in [-0.15, -0.1) is 0 Å². The van der Waals surface area contributed by atoms with E-state index in [9.17, 15) is 59.4 Å². The fourth-order valence-electron chi connectivity index (χ4n) is 5.19. The molecule has 2 aromatic heterocycles. The molecule has 1 aliphatic rings. The number of carboxylic acid groups (broad SMARTS) is 4. The van der Waals surface area contributed by atoms with Gasteiger partial charge in [0.25, 0.3) is 0 Å². The molecule has 0 radical (unpaired) electrons. The summed E-state index contributed by atoms with van der Waals surface area (Å²) >= 11 is 0. The van der Waals surface area contributed by atoms with Crippen molar-refractivity contribution in [1.29, 1.82) is 0 Å². The van der Waals surface area contributed by atoms with Crippen LogP contribution < -0.4 is 15.6 Å². The molecule has 3 heterocycles. The number of ether oxygens (including phenoxy) is 2. The van der Waals surface area contributed by atoms with E-state index in [1.165, 1.54) is 48.7 Å². The number of rotatable bonds is 9. The molecule has 0 aliphatic carbocycles. The molecule has 20 heteroatoms. The Morgan fingerprint density at radius 2 is 1.00 bits per heavy atom. The topological polar surface area (TPSA) is 353 Å². The van der Waals surface area contributed by atoms with E-state index in [2.05, 4.69) is 4.74 Å². The van der Waals surface area contributed by atoms with Crippen LogP contribution in [0.15, 0.2) is 104 Å². The number of benzene rings is 4.